The van der Waals surface area contributed by atoms with Gasteiger partial charge in [0.1, 0.15) is 17.4 Å². The van der Waals surface area contributed by atoms with Crippen LogP contribution in [0.3, 0.4) is 0 Å². The lowest BCUT2D eigenvalue weighted by Crippen LogP contribution is -2.27. The summed E-state index contributed by atoms with van der Waals surface area (Å²) in [6.45, 7) is -0.0174. The second-order valence-corrected chi connectivity index (χ2v) is 6.61. The van der Waals surface area contributed by atoms with E-state index in [1.165, 1.54) is 37.3 Å². The van der Waals surface area contributed by atoms with Crippen LogP contribution in [0.5, 0.6) is 0 Å². The average Bonchev–Trinajstić information content (AvgIpc) is 3.31. The second-order valence-electron chi connectivity index (χ2n) is 6.61. The molecule has 0 bridgehead atoms. The second kappa shape index (κ2) is 7.36. The van der Waals surface area contributed by atoms with Gasteiger partial charge in [-0.15, -0.1) is 0 Å². The molecular weight excluding hydrogens is 388 g/mol. The molecule has 1 aliphatic rings. The number of aromatic amines is 1. The first kappa shape index (κ1) is 19.2. The number of aliphatic hydroxyl groups excluding tert-OH is 1. The van der Waals surface area contributed by atoms with Gasteiger partial charge in [-0.05, 0) is 30.3 Å². The van der Waals surface area contributed by atoms with Gasteiger partial charge in [-0.25, -0.2) is 14.6 Å². The van der Waals surface area contributed by atoms with Crippen LogP contribution in [0, 0.1) is 5.41 Å². The molecule has 152 valence electrons. The van der Waals surface area contributed by atoms with Gasteiger partial charge >= 0.3 is 11.9 Å². The maximum absolute atomic E-state index is 12.1. The van der Waals surface area contributed by atoms with E-state index in [9.17, 15) is 14.7 Å². The summed E-state index contributed by atoms with van der Waals surface area (Å²) < 4.78 is 9.51. The van der Waals surface area contributed by atoms with Crippen molar-refractivity contribution in [3.63, 3.8) is 0 Å². The first-order chi connectivity index (χ1) is 14.4. The van der Waals surface area contributed by atoms with Gasteiger partial charge in [0.25, 0.3) is 0 Å². The summed E-state index contributed by atoms with van der Waals surface area (Å²) in [6, 6.07) is 11.7. The van der Waals surface area contributed by atoms with Crippen LogP contribution in [0.25, 0.3) is 16.6 Å². The number of nitrogens with zero attached hydrogens (tertiary/aromatic N) is 2. The Bertz CT molecular complexity index is 1160. The molecule has 1 aliphatic heterocycles. The van der Waals surface area contributed by atoms with Crippen LogP contribution in [0.4, 0.5) is 5.69 Å². The summed E-state index contributed by atoms with van der Waals surface area (Å²) in [6.07, 6.45) is 0. The number of para-hydroxylation sites is 2. The molecule has 3 aromatic rings. The van der Waals surface area contributed by atoms with Crippen molar-refractivity contribution in [1.82, 2.24) is 9.97 Å². The maximum Gasteiger partial charge on any atom is 0.337 e. The fourth-order valence-corrected chi connectivity index (χ4v) is 3.36. The number of carbonyl (C=O) groups is 2. The molecule has 2 aromatic carbocycles. The Morgan fingerprint density at radius 2 is 1.73 bits per heavy atom. The Kier molecular flexibility index (Phi) is 4.71. The first-order valence-corrected chi connectivity index (χ1v) is 8.98. The highest BCUT2D eigenvalue weighted by Crippen LogP contribution is 2.32. The van der Waals surface area contributed by atoms with Crippen LogP contribution >= 0.6 is 0 Å². The lowest BCUT2D eigenvalue weighted by molar-refractivity contribution is 0.0599. The molecule has 0 saturated carbocycles. The molecule has 0 unspecified atom stereocenters. The third kappa shape index (κ3) is 3.16. The van der Waals surface area contributed by atoms with Gasteiger partial charge in [-0.1, -0.05) is 12.1 Å². The Morgan fingerprint density at radius 1 is 1.10 bits per heavy atom. The van der Waals surface area contributed by atoms with E-state index in [4.69, 9.17) is 14.9 Å². The number of rotatable bonds is 4. The number of esters is 2. The summed E-state index contributed by atoms with van der Waals surface area (Å²) in [4.78, 5) is 33.1. The van der Waals surface area contributed by atoms with Gasteiger partial charge in [0.15, 0.2) is 0 Å². The number of benzene rings is 2. The minimum absolute atomic E-state index is 0.0174. The number of aromatic nitrogens is 2. The van der Waals surface area contributed by atoms with Gasteiger partial charge in [0, 0.05) is 5.69 Å². The van der Waals surface area contributed by atoms with Crippen molar-refractivity contribution in [2.45, 2.75) is 0 Å². The number of H-pyrrole nitrogens is 1. The van der Waals surface area contributed by atoms with Crippen LogP contribution in [-0.4, -0.2) is 53.6 Å². The van der Waals surface area contributed by atoms with Crippen LogP contribution < -0.4 is 4.90 Å². The highest BCUT2D eigenvalue weighted by atomic mass is 16.5. The maximum atomic E-state index is 12.1. The molecule has 3 N–H and O–H groups in total. The summed E-state index contributed by atoms with van der Waals surface area (Å²) in [5.74, 6) is -0.991. The largest absolute Gasteiger partial charge is 0.509 e. The normalized spacial score (nSPS) is 13.8. The van der Waals surface area contributed by atoms with Gasteiger partial charge < -0.3 is 24.5 Å². The van der Waals surface area contributed by atoms with E-state index in [2.05, 4.69) is 9.97 Å². The van der Waals surface area contributed by atoms with E-state index in [0.717, 1.165) is 5.52 Å². The molecule has 30 heavy (non-hydrogen) atoms. The van der Waals surface area contributed by atoms with Gasteiger partial charge in [0.05, 0.1) is 48.5 Å². The molecule has 0 aliphatic carbocycles. The number of fused-ring (bicyclic) bond motifs is 1. The summed E-state index contributed by atoms with van der Waals surface area (Å²) >= 11 is 0. The smallest absolute Gasteiger partial charge is 0.337 e. The Morgan fingerprint density at radius 3 is 2.33 bits per heavy atom. The molecule has 0 fully saturated rings. The van der Waals surface area contributed by atoms with Crippen molar-refractivity contribution in [3.05, 3.63) is 65.2 Å². The molecule has 1 aromatic heterocycles. The van der Waals surface area contributed by atoms with Crippen molar-refractivity contribution < 1.29 is 24.2 Å². The van der Waals surface area contributed by atoms with E-state index in [1.54, 1.807) is 0 Å². The molecule has 0 atom stereocenters. The number of aliphatic hydroxyl groups is 1. The quantitative estimate of drug-likeness (QED) is 0.568. The molecule has 0 spiro atoms. The fraction of sp³-hybridized carbons (Fsp3) is 0.143. The van der Waals surface area contributed by atoms with Crippen molar-refractivity contribution in [2.75, 3.05) is 25.7 Å². The van der Waals surface area contributed by atoms with Crippen molar-refractivity contribution in [2.24, 2.45) is 0 Å². The topological polar surface area (TPSA) is 129 Å². The molecule has 9 heteroatoms. The van der Waals surface area contributed by atoms with Gasteiger partial charge in [-0.3, -0.25) is 5.41 Å². The number of nitrogens with one attached hydrogen (secondary N) is 2. The van der Waals surface area contributed by atoms with Crippen molar-refractivity contribution >= 4 is 40.1 Å². The lowest BCUT2D eigenvalue weighted by Gasteiger charge is -2.20. The number of methoxy groups -OCH3 is 2. The average molecular weight is 406 g/mol. The third-order valence-electron chi connectivity index (χ3n) is 4.80. The Balaban J connectivity index is 1.74. The van der Waals surface area contributed by atoms with Crippen molar-refractivity contribution in [1.29, 1.82) is 5.41 Å². The monoisotopic (exact) mass is 406 g/mol. The predicted molar refractivity (Wildman–Crippen MR) is 110 cm³/mol. The summed E-state index contributed by atoms with van der Waals surface area (Å²) in [7, 11) is 2.47. The molecule has 9 nitrogen and oxygen atoms in total. The van der Waals surface area contributed by atoms with Crippen LogP contribution in [0.2, 0.25) is 0 Å². The van der Waals surface area contributed by atoms with E-state index >= 15 is 0 Å². The zero-order valence-corrected chi connectivity index (χ0v) is 16.2. The number of carbonyl (C=O) groups excluding carboxylic acids is 2. The van der Waals surface area contributed by atoms with E-state index in [1.807, 2.05) is 24.3 Å². The number of anilines is 1. The Labute approximate surface area is 171 Å². The number of imidazole rings is 1. The molecule has 2 heterocycles. The van der Waals surface area contributed by atoms with Crippen LogP contribution in [0.15, 0.2) is 48.2 Å². The third-order valence-corrected chi connectivity index (χ3v) is 4.80. The lowest BCUT2D eigenvalue weighted by atomic mass is 10.1. The van der Waals surface area contributed by atoms with Crippen LogP contribution in [0.1, 0.15) is 26.5 Å². The van der Waals surface area contributed by atoms with E-state index in [-0.39, 0.29) is 34.8 Å². The molecular formula is C21H18N4O5. The van der Waals surface area contributed by atoms with Crippen molar-refractivity contribution in [3.8, 4) is 0 Å². The van der Waals surface area contributed by atoms with Crippen LogP contribution in [-0.2, 0) is 9.47 Å². The molecule has 0 saturated heterocycles. The molecule has 0 radical (unpaired) electrons. The summed E-state index contributed by atoms with van der Waals surface area (Å²) in [5, 5.41) is 19.2. The number of hydrogen-bond donors (Lipinski definition) is 3. The number of ether oxygens (including phenoxy) is 2. The van der Waals surface area contributed by atoms with Gasteiger partial charge in [0.2, 0.25) is 0 Å². The highest BCUT2D eigenvalue weighted by Gasteiger charge is 2.32. The molecule has 4 rings (SSSR count). The SMILES string of the molecule is COC(=O)c1cc(C(=O)OC)cc(N2CC(O)=C(c3nc4ccccc4[nH]3)C2=N)c1. The number of hydrogen-bond acceptors (Lipinski definition) is 7. The minimum Gasteiger partial charge on any atom is -0.509 e. The fourth-order valence-electron chi connectivity index (χ4n) is 3.36. The number of amidine groups is 1. The van der Waals surface area contributed by atoms with E-state index in [0.29, 0.717) is 17.0 Å². The van der Waals surface area contributed by atoms with Gasteiger partial charge in [-0.2, -0.15) is 0 Å². The zero-order valence-electron chi connectivity index (χ0n) is 16.2. The zero-order chi connectivity index (χ0) is 21.4. The highest BCUT2D eigenvalue weighted by molar-refractivity contribution is 6.30. The Hall–Kier alpha value is -4.14. The predicted octanol–water partition coefficient (Wildman–Crippen LogP) is 2.90. The standard InChI is InChI=1S/C21H18N4O5/c1-29-20(27)11-7-12(21(28)30-2)9-13(8-11)25-10-16(26)17(18(25)22)19-23-14-5-3-4-6-15(14)24-19/h3-9,22,26H,10H2,1-2H3,(H,23,24). The summed E-state index contributed by atoms with van der Waals surface area (Å²) in [5.41, 5.74) is 2.34. The van der Waals surface area contributed by atoms with E-state index < -0.39 is 11.9 Å². The minimum atomic E-state index is -0.637. The first-order valence-electron chi connectivity index (χ1n) is 8.98. The molecule has 0 amide bonds.